The summed E-state index contributed by atoms with van der Waals surface area (Å²) in [7, 11) is -4.26. The van der Waals surface area contributed by atoms with Crippen molar-refractivity contribution in [3.63, 3.8) is 0 Å². The standard InChI is InChI=1S/C10H6N2O4S/c13-17(14,15)9-3-1-2-7-6(9)4-5-8-10(7)12-16-11-8/h1-5H,(H,13,14,15). The molecule has 0 aliphatic rings. The molecule has 3 aromatic rings. The fourth-order valence-electron chi connectivity index (χ4n) is 1.80. The van der Waals surface area contributed by atoms with Gasteiger partial charge in [-0.1, -0.05) is 18.2 Å². The van der Waals surface area contributed by atoms with Gasteiger partial charge < -0.3 is 0 Å². The van der Waals surface area contributed by atoms with E-state index >= 15 is 0 Å². The number of rotatable bonds is 1. The minimum atomic E-state index is -4.26. The van der Waals surface area contributed by atoms with Crippen molar-refractivity contribution in [1.29, 1.82) is 0 Å². The van der Waals surface area contributed by atoms with E-state index in [2.05, 4.69) is 14.9 Å². The molecule has 0 spiro atoms. The second-order valence-electron chi connectivity index (χ2n) is 3.52. The van der Waals surface area contributed by atoms with E-state index in [1.165, 1.54) is 12.1 Å². The van der Waals surface area contributed by atoms with Crippen LogP contribution in [0.5, 0.6) is 0 Å². The van der Waals surface area contributed by atoms with Crippen molar-refractivity contribution < 1.29 is 17.6 Å². The topological polar surface area (TPSA) is 93.3 Å². The second-order valence-corrected chi connectivity index (χ2v) is 4.91. The van der Waals surface area contributed by atoms with Gasteiger partial charge >= 0.3 is 0 Å². The maximum absolute atomic E-state index is 11.2. The molecular weight excluding hydrogens is 244 g/mol. The molecule has 0 fully saturated rings. The molecule has 0 amide bonds. The summed E-state index contributed by atoms with van der Waals surface area (Å²) in [6, 6.07) is 7.70. The fourth-order valence-corrected chi connectivity index (χ4v) is 2.51. The Morgan fingerprint density at radius 1 is 1.06 bits per heavy atom. The third kappa shape index (κ3) is 1.48. The van der Waals surface area contributed by atoms with Crippen LogP contribution in [-0.4, -0.2) is 23.3 Å². The van der Waals surface area contributed by atoms with Gasteiger partial charge in [0.2, 0.25) is 0 Å². The number of aromatic nitrogens is 2. The first-order chi connectivity index (χ1) is 8.07. The highest BCUT2D eigenvalue weighted by molar-refractivity contribution is 7.86. The molecule has 1 N–H and O–H groups in total. The SMILES string of the molecule is O=S(=O)(O)c1cccc2c1ccc1nonc12. The number of benzene rings is 2. The zero-order valence-electron chi connectivity index (χ0n) is 8.36. The van der Waals surface area contributed by atoms with Gasteiger partial charge in [0.05, 0.1) is 0 Å². The van der Waals surface area contributed by atoms with Gasteiger partial charge in [0.1, 0.15) is 15.9 Å². The number of hydrogen-bond donors (Lipinski definition) is 1. The molecule has 1 heterocycles. The van der Waals surface area contributed by atoms with Crippen LogP contribution in [0.25, 0.3) is 21.8 Å². The van der Waals surface area contributed by atoms with Crippen LogP contribution in [0.15, 0.2) is 39.9 Å². The van der Waals surface area contributed by atoms with Crippen molar-refractivity contribution in [2.75, 3.05) is 0 Å². The number of nitrogens with zero attached hydrogens (tertiary/aromatic N) is 2. The minimum absolute atomic E-state index is 0.153. The molecule has 17 heavy (non-hydrogen) atoms. The van der Waals surface area contributed by atoms with Crippen LogP contribution in [-0.2, 0) is 10.1 Å². The van der Waals surface area contributed by atoms with E-state index < -0.39 is 10.1 Å². The Morgan fingerprint density at radius 3 is 2.65 bits per heavy atom. The molecule has 0 aliphatic heterocycles. The quantitative estimate of drug-likeness (QED) is 0.659. The summed E-state index contributed by atoms with van der Waals surface area (Å²) in [6.45, 7) is 0. The van der Waals surface area contributed by atoms with Crippen LogP contribution >= 0.6 is 0 Å². The van der Waals surface area contributed by atoms with Crippen LogP contribution in [0.1, 0.15) is 0 Å². The molecule has 0 radical (unpaired) electrons. The average Bonchev–Trinajstić information content (AvgIpc) is 2.75. The lowest BCUT2D eigenvalue weighted by Gasteiger charge is -2.02. The smallest absolute Gasteiger partial charge is 0.282 e. The van der Waals surface area contributed by atoms with Gasteiger partial charge in [-0.2, -0.15) is 8.42 Å². The number of fused-ring (bicyclic) bond motifs is 3. The molecular formula is C10H6N2O4S. The van der Waals surface area contributed by atoms with Crippen LogP contribution in [0, 0.1) is 0 Å². The van der Waals surface area contributed by atoms with Crippen LogP contribution < -0.4 is 0 Å². The molecule has 0 saturated carbocycles. The molecule has 1 aromatic heterocycles. The van der Waals surface area contributed by atoms with E-state index in [0.29, 0.717) is 21.8 Å². The van der Waals surface area contributed by atoms with Crippen molar-refractivity contribution in [1.82, 2.24) is 10.3 Å². The summed E-state index contributed by atoms with van der Waals surface area (Å²) in [6.07, 6.45) is 0. The van der Waals surface area contributed by atoms with Gasteiger partial charge in [0.15, 0.2) is 0 Å². The van der Waals surface area contributed by atoms with Crippen LogP contribution in [0.2, 0.25) is 0 Å². The molecule has 86 valence electrons. The Morgan fingerprint density at radius 2 is 1.88 bits per heavy atom. The average molecular weight is 250 g/mol. The Balaban J connectivity index is 2.57. The first kappa shape index (κ1) is 10.2. The zero-order chi connectivity index (χ0) is 12.0. The predicted molar refractivity (Wildman–Crippen MR) is 59.1 cm³/mol. The summed E-state index contributed by atoms with van der Waals surface area (Å²) < 4.78 is 36.1. The van der Waals surface area contributed by atoms with Gasteiger partial charge in [-0.05, 0) is 22.4 Å². The van der Waals surface area contributed by atoms with E-state index in [4.69, 9.17) is 4.55 Å². The summed E-state index contributed by atoms with van der Waals surface area (Å²) in [5.74, 6) is 0. The van der Waals surface area contributed by atoms with Crippen molar-refractivity contribution >= 4 is 31.9 Å². The Hall–Kier alpha value is -1.99. The molecule has 3 rings (SSSR count). The van der Waals surface area contributed by atoms with Crippen molar-refractivity contribution in [3.8, 4) is 0 Å². The molecule has 2 aromatic carbocycles. The fraction of sp³-hybridized carbons (Fsp3) is 0. The van der Waals surface area contributed by atoms with Gasteiger partial charge in [-0.15, -0.1) is 0 Å². The molecule has 6 nitrogen and oxygen atoms in total. The van der Waals surface area contributed by atoms with Gasteiger partial charge in [0, 0.05) is 10.8 Å². The maximum Gasteiger partial charge on any atom is 0.295 e. The van der Waals surface area contributed by atoms with E-state index in [-0.39, 0.29) is 4.90 Å². The monoisotopic (exact) mass is 250 g/mol. The summed E-state index contributed by atoms with van der Waals surface area (Å²) >= 11 is 0. The third-order valence-corrected chi connectivity index (χ3v) is 3.43. The Kier molecular flexibility index (Phi) is 1.95. The second kappa shape index (κ2) is 3.25. The normalized spacial score (nSPS) is 12.3. The number of hydrogen-bond acceptors (Lipinski definition) is 5. The van der Waals surface area contributed by atoms with Crippen LogP contribution in [0.3, 0.4) is 0 Å². The highest BCUT2D eigenvalue weighted by Crippen LogP contribution is 2.27. The Labute approximate surface area is 95.6 Å². The van der Waals surface area contributed by atoms with E-state index in [1.54, 1.807) is 18.2 Å². The van der Waals surface area contributed by atoms with Gasteiger partial charge in [-0.3, -0.25) is 4.55 Å². The van der Waals surface area contributed by atoms with Crippen molar-refractivity contribution in [2.45, 2.75) is 4.90 Å². The first-order valence-corrected chi connectivity index (χ1v) is 6.13. The van der Waals surface area contributed by atoms with Gasteiger partial charge in [-0.25, -0.2) is 4.63 Å². The summed E-state index contributed by atoms with van der Waals surface area (Å²) in [5, 5.41) is 8.33. The summed E-state index contributed by atoms with van der Waals surface area (Å²) in [4.78, 5) is -0.153. The minimum Gasteiger partial charge on any atom is -0.282 e. The molecule has 0 bridgehead atoms. The van der Waals surface area contributed by atoms with Crippen molar-refractivity contribution in [2.24, 2.45) is 0 Å². The Bertz CT molecular complexity index is 823. The molecule has 0 atom stereocenters. The van der Waals surface area contributed by atoms with E-state index in [0.717, 1.165) is 0 Å². The largest absolute Gasteiger partial charge is 0.295 e. The lowest BCUT2D eigenvalue weighted by Crippen LogP contribution is -1.98. The zero-order valence-corrected chi connectivity index (χ0v) is 9.18. The predicted octanol–water partition coefficient (Wildman–Crippen LogP) is 1.62. The third-order valence-electron chi connectivity index (χ3n) is 2.52. The van der Waals surface area contributed by atoms with Crippen LogP contribution in [0.4, 0.5) is 0 Å². The van der Waals surface area contributed by atoms with E-state index in [1.807, 2.05) is 0 Å². The lowest BCUT2D eigenvalue weighted by molar-refractivity contribution is 0.316. The highest BCUT2D eigenvalue weighted by atomic mass is 32.2. The molecule has 7 heteroatoms. The molecule has 0 unspecified atom stereocenters. The maximum atomic E-state index is 11.2. The summed E-state index contributed by atoms with van der Waals surface area (Å²) in [5.41, 5.74) is 0.998. The van der Waals surface area contributed by atoms with Crippen molar-refractivity contribution in [3.05, 3.63) is 30.3 Å². The first-order valence-electron chi connectivity index (χ1n) is 4.69. The van der Waals surface area contributed by atoms with Gasteiger partial charge in [0.25, 0.3) is 10.1 Å². The molecule has 0 aliphatic carbocycles. The van der Waals surface area contributed by atoms with E-state index in [9.17, 15) is 8.42 Å². The lowest BCUT2D eigenvalue weighted by atomic mass is 10.1. The molecule has 0 saturated heterocycles. The highest BCUT2D eigenvalue weighted by Gasteiger charge is 2.15.